The van der Waals surface area contributed by atoms with E-state index in [9.17, 15) is 13.5 Å². The van der Waals surface area contributed by atoms with E-state index in [1.54, 1.807) is 36.7 Å². The van der Waals surface area contributed by atoms with E-state index in [0.29, 0.717) is 24.0 Å². The van der Waals surface area contributed by atoms with Crippen LogP contribution in [0.25, 0.3) is 21.9 Å². The molecule has 2 aromatic carbocycles. The van der Waals surface area contributed by atoms with Crippen molar-refractivity contribution in [2.45, 2.75) is 4.90 Å². The molecule has 4 aromatic rings. The lowest BCUT2D eigenvalue weighted by Gasteiger charge is -2.34. The van der Waals surface area contributed by atoms with Crippen LogP contribution in [0.4, 0.5) is 11.5 Å². The molecular formula is C23H25N6O4S2+. The molecule has 35 heavy (non-hydrogen) atoms. The van der Waals surface area contributed by atoms with Crippen molar-refractivity contribution in [3.63, 3.8) is 0 Å². The van der Waals surface area contributed by atoms with Crippen molar-refractivity contribution in [3.05, 3.63) is 42.7 Å². The molecule has 1 fully saturated rings. The van der Waals surface area contributed by atoms with Gasteiger partial charge in [-0.25, -0.2) is 13.4 Å². The Morgan fingerprint density at radius 2 is 1.91 bits per heavy atom. The third-order valence-electron chi connectivity index (χ3n) is 6.13. The van der Waals surface area contributed by atoms with Crippen LogP contribution in [0.5, 0.6) is 11.5 Å². The highest BCUT2D eigenvalue weighted by molar-refractivity contribution is 7.90. The molecule has 0 saturated carbocycles. The maximum Gasteiger partial charge on any atom is 0.234 e. The number of hydrogen-bond donors (Lipinski definition) is 3. The van der Waals surface area contributed by atoms with Gasteiger partial charge in [0.15, 0.2) is 26.4 Å². The van der Waals surface area contributed by atoms with Crippen LogP contribution in [0.2, 0.25) is 0 Å². The molecule has 0 bridgehead atoms. The Balaban J connectivity index is 1.32. The van der Waals surface area contributed by atoms with E-state index in [-0.39, 0.29) is 10.6 Å². The van der Waals surface area contributed by atoms with E-state index in [2.05, 4.69) is 30.1 Å². The average molecular weight is 514 g/mol. The second-order valence-electron chi connectivity index (χ2n) is 8.37. The highest BCUT2D eigenvalue weighted by Gasteiger charge is 2.27. The van der Waals surface area contributed by atoms with Crippen molar-refractivity contribution in [2.24, 2.45) is 0 Å². The van der Waals surface area contributed by atoms with Crippen molar-refractivity contribution in [2.75, 3.05) is 49.8 Å². The zero-order chi connectivity index (χ0) is 24.7. The second kappa shape index (κ2) is 8.86. The quantitative estimate of drug-likeness (QED) is 0.352. The van der Waals surface area contributed by atoms with Crippen LogP contribution in [-0.4, -0.2) is 73.0 Å². The Morgan fingerprint density at radius 3 is 2.57 bits per heavy atom. The van der Waals surface area contributed by atoms with Gasteiger partial charge in [0.2, 0.25) is 17.8 Å². The Morgan fingerprint density at radius 1 is 1.20 bits per heavy atom. The van der Waals surface area contributed by atoms with E-state index in [1.165, 1.54) is 13.4 Å². The molecule has 182 valence electrons. The molecule has 0 radical (unpaired) electrons. The summed E-state index contributed by atoms with van der Waals surface area (Å²) in [7, 11) is -1.71. The fraction of sp³-hybridized carbons (Fsp3) is 0.261. The number of rotatable bonds is 4. The summed E-state index contributed by atoms with van der Waals surface area (Å²) in [6.07, 6.45) is 2.84. The minimum Gasteiger partial charge on any atom is -0.504 e. The highest BCUT2D eigenvalue weighted by Crippen LogP contribution is 2.37. The molecule has 10 nitrogen and oxygen atoms in total. The number of sulfone groups is 1. The first kappa shape index (κ1) is 23.1. The summed E-state index contributed by atoms with van der Waals surface area (Å²) >= 11 is 5.60. The number of phenols is 1. The van der Waals surface area contributed by atoms with E-state index >= 15 is 0 Å². The van der Waals surface area contributed by atoms with Crippen molar-refractivity contribution >= 4 is 60.6 Å². The zero-order valence-electron chi connectivity index (χ0n) is 19.2. The molecule has 2 aromatic heterocycles. The molecule has 0 aliphatic carbocycles. The molecule has 3 heterocycles. The summed E-state index contributed by atoms with van der Waals surface area (Å²) in [5.74, 6) is 1.40. The lowest BCUT2D eigenvalue weighted by Crippen LogP contribution is -2.51. The number of ether oxygens (including phenoxy) is 1. The molecule has 1 aliphatic rings. The second-order valence-corrected chi connectivity index (χ2v) is 10.8. The number of aromatic nitrogens is 3. The first-order valence-electron chi connectivity index (χ1n) is 10.9. The number of fused-ring (bicyclic) bond motifs is 3. The number of piperazine rings is 1. The predicted molar refractivity (Wildman–Crippen MR) is 138 cm³/mol. The minimum atomic E-state index is -3.24. The zero-order valence-corrected chi connectivity index (χ0v) is 20.8. The number of aromatic amines is 2. The topological polar surface area (TPSA) is 125 Å². The maximum absolute atomic E-state index is 11.7. The highest BCUT2D eigenvalue weighted by atomic mass is 32.2. The number of methoxy groups -OCH3 is 1. The Hall–Kier alpha value is -3.64. The molecule has 1 aliphatic heterocycles. The van der Waals surface area contributed by atoms with Crippen LogP contribution in [0, 0.1) is 0 Å². The van der Waals surface area contributed by atoms with Crippen LogP contribution in [0.3, 0.4) is 0 Å². The Kier molecular flexibility index (Phi) is 5.85. The third kappa shape index (κ3) is 4.42. The molecule has 5 rings (SSSR count). The van der Waals surface area contributed by atoms with Gasteiger partial charge in [-0.2, -0.15) is 0 Å². The van der Waals surface area contributed by atoms with Gasteiger partial charge in [-0.05, 0) is 42.5 Å². The predicted octanol–water partition coefficient (Wildman–Crippen LogP) is 2.17. The number of aromatic hydroxyl groups is 1. The summed E-state index contributed by atoms with van der Waals surface area (Å²) in [5, 5.41) is 15.8. The van der Waals surface area contributed by atoms with Gasteiger partial charge in [0, 0.05) is 23.4 Å². The Labute approximate surface area is 207 Å². The van der Waals surface area contributed by atoms with E-state index in [1.807, 2.05) is 6.07 Å². The monoisotopic (exact) mass is 513 g/mol. The maximum atomic E-state index is 11.7. The fourth-order valence-corrected chi connectivity index (χ4v) is 5.23. The van der Waals surface area contributed by atoms with E-state index in [4.69, 9.17) is 17.0 Å². The minimum absolute atomic E-state index is 0.0673. The molecule has 0 amide bonds. The average Bonchev–Trinajstić information content (AvgIpc) is 3.20. The lowest BCUT2D eigenvalue weighted by atomic mass is 10.1. The van der Waals surface area contributed by atoms with Crippen molar-refractivity contribution in [1.82, 2.24) is 14.9 Å². The van der Waals surface area contributed by atoms with Gasteiger partial charge in [0.1, 0.15) is 5.39 Å². The summed E-state index contributed by atoms with van der Waals surface area (Å²) in [6, 6.07) is 10.0. The fourth-order valence-electron chi connectivity index (χ4n) is 4.30. The number of phenolic OH excluding ortho intramolecular Hbond substituents is 1. The third-order valence-corrected chi connectivity index (χ3v) is 7.62. The molecule has 12 heteroatoms. The van der Waals surface area contributed by atoms with Gasteiger partial charge in [0.05, 0.1) is 43.7 Å². The van der Waals surface area contributed by atoms with Gasteiger partial charge < -0.3 is 25.0 Å². The van der Waals surface area contributed by atoms with Crippen LogP contribution in [0.1, 0.15) is 0 Å². The smallest absolute Gasteiger partial charge is 0.234 e. The number of anilines is 2. The summed E-state index contributed by atoms with van der Waals surface area (Å²) < 4.78 is 28.6. The number of H-pyrrole nitrogens is 2. The van der Waals surface area contributed by atoms with Gasteiger partial charge in [-0.1, -0.05) is 4.98 Å². The molecule has 0 atom stereocenters. The van der Waals surface area contributed by atoms with Gasteiger partial charge >= 0.3 is 0 Å². The van der Waals surface area contributed by atoms with Gasteiger partial charge in [0.25, 0.3) is 0 Å². The van der Waals surface area contributed by atoms with Crippen LogP contribution < -0.4 is 19.9 Å². The van der Waals surface area contributed by atoms with Crippen molar-refractivity contribution in [3.8, 4) is 11.5 Å². The number of nitrogens with one attached hydrogen (secondary N) is 3. The molecule has 0 unspecified atom stereocenters. The standard InChI is InChI=1S/C23H24N6O4S2/c1-33-19-11-16-17(12-18(19)30)27-21-20(16)22(25-13-24-21)28-7-9-29(10-8-28)23(34)26-14-3-5-15(6-4-14)35(2,31)32/h3-6,11-13,30H,7-10H2,1-2H3,(H,26,34)(H,24,25,27)/p+1. The summed E-state index contributed by atoms with van der Waals surface area (Å²) in [5.41, 5.74) is 2.24. The van der Waals surface area contributed by atoms with Crippen LogP contribution in [0.15, 0.2) is 47.6 Å². The van der Waals surface area contributed by atoms with E-state index in [0.717, 1.165) is 46.5 Å². The Bertz CT molecular complexity index is 1530. The van der Waals surface area contributed by atoms with Crippen LogP contribution >= 0.6 is 12.2 Å². The largest absolute Gasteiger partial charge is 0.504 e. The summed E-state index contributed by atoms with van der Waals surface area (Å²) in [6.45, 7) is 2.87. The van der Waals surface area contributed by atoms with Crippen molar-refractivity contribution < 1.29 is 23.2 Å². The molecule has 4 N–H and O–H groups in total. The number of thiocarbonyl (C=S) groups is 1. The number of benzene rings is 2. The SMILES string of the molecule is COc1cc2c(cc1O)[nH]c1nc[nH+]c(N3CCN(C(=S)Nc4ccc(S(C)(=O)=O)cc4)CC3)c12. The summed E-state index contributed by atoms with van der Waals surface area (Å²) in [4.78, 5) is 15.6. The first-order valence-corrected chi connectivity index (χ1v) is 13.2. The van der Waals surface area contributed by atoms with Gasteiger partial charge in [-0.15, -0.1) is 0 Å². The van der Waals surface area contributed by atoms with Gasteiger partial charge in [-0.3, -0.25) is 4.90 Å². The first-order chi connectivity index (χ1) is 16.7. The number of nitrogens with zero attached hydrogens (tertiary/aromatic N) is 3. The number of hydrogen-bond acceptors (Lipinski definition) is 7. The van der Waals surface area contributed by atoms with Crippen molar-refractivity contribution in [1.29, 1.82) is 0 Å². The normalized spacial score (nSPS) is 14.5. The lowest BCUT2D eigenvalue weighted by molar-refractivity contribution is -0.367. The molecule has 0 spiro atoms. The van der Waals surface area contributed by atoms with Crippen LogP contribution in [-0.2, 0) is 9.84 Å². The molecular weight excluding hydrogens is 488 g/mol. The molecule has 1 saturated heterocycles. The van der Waals surface area contributed by atoms with E-state index < -0.39 is 9.84 Å².